The number of hydrogen-bond donors (Lipinski definition) is 2. The summed E-state index contributed by atoms with van der Waals surface area (Å²) < 4.78 is 12.9. The van der Waals surface area contributed by atoms with E-state index < -0.39 is 0 Å². The normalized spacial score (nSPS) is 10.9. The summed E-state index contributed by atoms with van der Waals surface area (Å²) in [4.78, 5) is 0. The lowest BCUT2D eigenvalue weighted by Crippen LogP contribution is -1.96. The van der Waals surface area contributed by atoms with E-state index in [4.69, 9.17) is 11.5 Å². The molecule has 13 heavy (non-hydrogen) atoms. The van der Waals surface area contributed by atoms with Gasteiger partial charge >= 0.3 is 0 Å². The molecular formula is C10H13FN2. The summed E-state index contributed by atoms with van der Waals surface area (Å²) in [6, 6.07) is 4.74. The molecule has 0 bridgehead atoms. The second-order valence-corrected chi connectivity index (χ2v) is 2.72. The Balaban J connectivity index is 2.83. The van der Waals surface area contributed by atoms with Crippen LogP contribution in [0, 0.1) is 5.82 Å². The van der Waals surface area contributed by atoms with E-state index in [0.717, 1.165) is 6.42 Å². The summed E-state index contributed by atoms with van der Waals surface area (Å²) in [5.41, 5.74) is 11.7. The highest BCUT2D eigenvalue weighted by molar-refractivity contribution is 5.64. The number of anilines is 1. The maximum Gasteiger partial charge on any atom is 0.146 e. The van der Waals surface area contributed by atoms with Crippen molar-refractivity contribution in [3.05, 3.63) is 35.7 Å². The molecule has 0 aliphatic rings. The van der Waals surface area contributed by atoms with Crippen molar-refractivity contribution >= 4 is 11.8 Å². The Morgan fingerprint density at radius 1 is 1.38 bits per heavy atom. The van der Waals surface area contributed by atoms with Gasteiger partial charge in [-0.3, -0.25) is 0 Å². The smallest absolute Gasteiger partial charge is 0.146 e. The zero-order valence-electron chi connectivity index (χ0n) is 7.33. The molecule has 0 atom stereocenters. The number of halogens is 1. The van der Waals surface area contributed by atoms with Crippen LogP contribution in [-0.4, -0.2) is 6.54 Å². The first-order valence-electron chi connectivity index (χ1n) is 4.16. The van der Waals surface area contributed by atoms with Crippen LogP contribution in [0.1, 0.15) is 12.0 Å². The Morgan fingerprint density at radius 2 is 2.15 bits per heavy atom. The van der Waals surface area contributed by atoms with Gasteiger partial charge in [0, 0.05) is 5.56 Å². The number of rotatable bonds is 3. The van der Waals surface area contributed by atoms with E-state index in [1.54, 1.807) is 18.2 Å². The van der Waals surface area contributed by atoms with E-state index in [9.17, 15) is 4.39 Å². The Kier molecular flexibility index (Phi) is 3.46. The summed E-state index contributed by atoms with van der Waals surface area (Å²) in [6.45, 7) is 0.589. The van der Waals surface area contributed by atoms with Crippen molar-refractivity contribution in [3.8, 4) is 0 Å². The zero-order valence-corrected chi connectivity index (χ0v) is 7.33. The summed E-state index contributed by atoms with van der Waals surface area (Å²) >= 11 is 0. The average molecular weight is 180 g/mol. The second-order valence-electron chi connectivity index (χ2n) is 2.72. The minimum atomic E-state index is -0.380. The standard InChI is InChI=1S/C10H13FN2/c11-9-6-3-5-8(10(9)13)4-1-2-7-12/h1,3-6H,2,7,12-13H2. The van der Waals surface area contributed by atoms with Gasteiger partial charge in [0.25, 0.3) is 0 Å². The first-order valence-corrected chi connectivity index (χ1v) is 4.16. The molecule has 0 radical (unpaired) electrons. The molecule has 0 spiro atoms. The van der Waals surface area contributed by atoms with Crippen LogP contribution in [0.3, 0.4) is 0 Å². The molecule has 0 aliphatic heterocycles. The van der Waals surface area contributed by atoms with Crippen molar-refractivity contribution in [2.75, 3.05) is 12.3 Å². The first-order chi connectivity index (χ1) is 6.25. The SMILES string of the molecule is NCCC=Cc1cccc(F)c1N. The first kappa shape index (κ1) is 9.74. The number of para-hydroxylation sites is 1. The molecule has 0 saturated carbocycles. The van der Waals surface area contributed by atoms with E-state index in [1.807, 2.05) is 6.08 Å². The second kappa shape index (κ2) is 4.62. The lowest BCUT2D eigenvalue weighted by molar-refractivity contribution is 0.632. The van der Waals surface area contributed by atoms with Gasteiger partial charge in [-0.2, -0.15) is 0 Å². The maximum absolute atomic E-state index is 12.9. The molecule has 0 aromatic heterocycles. The molecule has 3 heteroatoms. The monoisotopic (exact) mass is 180 g/mol. The van der Waals surface area contributed by atoms with Crippen LogP contribution in [-0.2, 0) is 0 Å². The molecule has 0 heterocycles. The topological polar surface area (TPSA) is 52.0 Å². The number of nitrogen functional groups attached to an aromatic ring is 1. The van der Waals surface area contributed by atoms with Gasteiger partial charge in [-0.1, -0.05) is 24.3 Å². The Labute approximate surface area is 77.0 Å². The molecule has 4 N–H and O–H groups in total. The summed E-state index contributed by atoms with van der Waals surface area (Å²) in [7, 11) is 0. The molecule has 0 amide bonds. The number of hydrogen-bond acceptors (Lipinski definition) is 2. The average Bonchev–Trinajstić information content (AvgIpc) is 2.13. The minimum Gasteiger partial charge on any atom is -0.396 e. The van der Waals surface area contributed by atoms with Gasteiger partial charge in [-0.15, -0.1) is 0 Å². The Hall–Kier alpha value is -1.35. The molecule has 0 saturated heterocycles. The molecule has 0 aliphatic carbocycles. The van der Waals surface area contributed by atoms with E-state index in [0.29, 0.717) is 12.1 Å². The van der Waals surface area contributed by atoms with Crippen LogP contribution in [0.25, 0.3) is 6.08 Å². The van der Waals surface area contributed by atoms with E-state index >= 15 is 0 Å². The highest BCUT2D eigenvalue weighted by atomic mass is 19.1. The molecule has 1 aromatic carbocycles. The quantitative estimate of drug-likeness (QED) is 0.696. The fraction of sp³-hybridized carbons (Fsp3) is 0.200. The third kappa shape index (κ3) is 2.56. The van der Waals surface area contributed by atoms with Gasteiger partial charge < -0.3 is 11.5 Å². The fourth-order valence-corrected chi connectivity index (χ4v) is 1.01. The number of benzene rings is 1. The van der Waals surface area contributed by atoms with Crippen LogP contribution < -0.4 is 11.5 Å². The van der Waals surface area contributed by atoms with Gasteiger partial charge in [-0.25, -0.2) is 4.39 Å². The highest BCUT2D eigenvalue weighted by Crippen LogP contribution is 2.16. The van der Waals surface area contributed by atoms with Crippen LogP contribution in [0.4, 0.5) is 10.1 Å². The summed E-state index contributed by atoms with van der Waals surface area (Å²) in [5.74, 6) is -0.380. The predicted molar refractivity (Wildman–Crippen MR) is 53.5 cm³/mol. The van der Waals surface area contributed by atoms with Gasteiger partial charge in [0.15, 0.2) is 0 Å². The molecule has 2 nitrogen and oxygen atoms in total. The van der Waals surface area contributed by atoms with Crippen molar-refractivity contribution in [3.63, 3.8) is 0 Å². The van der Waals surface area contributed by atoms with Gasteiger partial charge in [0.1, 0.15) is 5.82 Å². The minimum absolute atomic E-state index is 0.191. The fourth-order valence-electron chi connectivity index (χ4n) is 1.01. The zero-order chi connectivity index (χ0) is 9.68. The van der Waals surface area contributed by atoms with Crippen LogP contribution >= 0.6 is 0 Å². The molecule has 0 unspecified atom stereocenters. The molecular weight excluding hydrogens is 167 g/mol. The van der Waals surface area contributed by atoms with Gasteiger partial charge in [0.05, 0.1) is 5.69 Å². The summed E-state index contributed by atoms with van der Waals surface area (Å²) in [5, 5.41) is 0. The van der Waals surface area contributed by atoms with Crippen LogP contribution in [0.15, 0.2) is 24.3 Å². The Morgan fingerprint density at radius 3 is 2.85 bits per heavy atom. The van der Waals surface area contributed by atoms with Crippen molar-refractivity contribution in [2.24, 2.45) is 5.73 Å². The van der Waals surface area contributed by atoms with Crippen molar-refractivity contribution in [2.45, 2.75) is 6.42 Å². The van der Waals surface area contributed by atoms with E-state index in [1.165, 1.54) is 6.07 Å². The highest BCUT2D eigenvalue weighted by Gasteiger charge is 1.99. The third-order valence-corrected chi connectivity index (χ3v) is 1.72. The van der Waals surface area contributed by atoms with Crippen molar-refractivity contribution < 1.29 is 4.39 Å². The number of nitrogens with two attached hydrogens (primary N) is 2. The largest absolute Gasteiger partial charge is 0.396 e. The van der Waals surface area contributed by atoms with E-state index in [-0.39, 0.29) is 11.5 Å². The van der Waals surface area contributed by atoms with Crippen molar-refractivity contribution in [1.29, 1.82) is 0 Å². The van der Waals surface area contributed by atoms with Gasteiger partial charge in [0.2, 0.25) is 0 Å². The molecule has 0 fully saturated rings. The molecule has 70 valence electrons. The predicted octanol–water partition coefficient (Wildman–Crippen LogP) is 1.77. The lowest BCUT2D eigenvalue weighted by Gasteiger charge is -2.00. The van der Waals surface area contributed by atoms with E-state index in [2.05, 4.69) is 0 Å². The summed E-state index contributed by atoms with van der Waals surface area (Å²) in [6.07, 6.45) is 4.44. The third-order valence-electron chi connectivity index (χ3n) is 1.72. The van der Waals surface area contributed by atoms with Crippen molar-refractivity contribution in [1.82, 2.24) is 0 Å². The lowest BCUT2D eigenvalue weighted by atomic mass is 10.1. The van der Waals surface area contributed by atoms with Gasteiger partial charge in [-0.05, 0) is 19.0 Å². The van der Waals surface area contributed by atoms with Crippen LogP contribution in [0.5, 0.6) is 0 Å². The maximum atomic E-state index is 12.9. The molecule has 1 rings (SSSR count). The molecule has 1 aromatic rings. The van der Waals surface area contributed by atoms with Crippen LogP contribution in [0.2, 0.25) is 0 Å². The Bertz CT molecular complexity index is 308.